The fourth-order valence-corrected chi connectivity index (χ4v) is 1.50. The number of nitrogens with one attached hydrogen (secondary N) is 1. The summed E-state index contributed by atoms with van der Waals surface area (Å²) in [4.78, 5) is 10.5. The molecule has 0 amide bonds. The second kappa shape index (κ2) is 6.35. The number of nitro benzene ring substituents is 1. The van der Waals surface area contributed by atoms with Crippen LogP contribution in [0.4, 0.5) is 5.69 Å². The molecule has 5 nitrogen and oxygen atoms in total. The first kappa shape index (κ1) is 14.4. The first-order chi connectivity index (χ1) is 8.45. The number of ether oxygens (including phenoxy) is 1. The van der Waals surface area contributed by atoms with Crippen LogP contribution in [0.1, 0.15) is 26.3 Å². The van der Waals surface area contributed by atoms with Gasteiger partial charge in [0.2, 0.25) is 0 Å². The highest BCUT2D eigenvalue weighted by Gasteiger charge is 2.15. The molecule has 0 bridgehead atoms. The van der Waals surface area contributed by atoms with E-state index in [0.717, 1.165) is 5.56 Å². The van der Waals surface area contributed by atoms with E-state index in [1.165, 1.54) is 7.11 Å². The Morgan fingerprint density at radius 3 is 2.56 bits per heavy atom. The third-order valence-corrected chi connectivity index (χ3v) is 3.07. The largest absolute Gasteiger partial charge is 0.490 e. The van der Waals surface area contributed by atoms with Gasteiger partial charge >= 0.3 is 5.69 Å². The monoisotopic (exact) mass is 252 g/mol. The molecule has 100 valence electrons. The molecule has 0 heterocycles. The van der Waals surface area contributed by atoms with Gasteiger partial charge in [-0.05, 0) is 24.5 Å². The Hall–Kier alpha value is -1.62. The molecule has 18 heavy (non-hydrogen) atoms. The van der Waals surface area contributed by atoms with Gasteiger partial charge in [-0.2, -0.15) is 0 Å². The highest BCUT2D eigenvalue weighted by Crippen LogP contribution is 2.27. The lowest BCUT2D eigenvalue weighted by atomic mass is 10.1. The molecule has 0 aliphatic heterocycles. The van der Waals surface area contributed by atoms with Crippen LogP contribution in [0.15, 0.2) is 18.2 Å². The summed E-state index contributed by atoms with van der Waals surface area (Å²) < 4.78 is 4.96. The van der Waals surface area contributed by atoms with Gasteiger partial charge in [0.05, 0.1) is 12.0 Å². The van der Waals surface area contributed by atoms with Crippen molar-refractivity contribution in [3.8, 4) is 5.75 Å². The molecule has 0 saturated carbocycles. The summed E-state index contributed by atoms with van der Waals surface area (Å²) in [5.41, 5.74) is 0.893. The molecule has 0 spiro atoms. The average molecular weight is 252 g/mol. The minimum absolute atomic E-state index is 0.00833. The number of hydrogen-bond acceptors (Lipinski definition) is 4. The number of hydrogen-bond donors (Lipinski definition) is 1. The SMILES string of the molecule is COc1ccc(CNC(C)C(C)C)cc1[N+](=O)[O-]. The van der Waals surface area contributed by atoms with E-state index in [4.69, 9.17) is 4.74 Å². The minimum Gasteiger partial charge on any atom is -0.490 e. The van der Waals surface area contributed by atoms with E-state index in [9.17, 15) is 10.1 Å². The minimum atomic E-state index is -0.422. The summed E-state index contributed by atoms with van der Waals surface area (Å²) in [5, 5.41) is 14.2. The standard InChI is InChI=1S/C13H20N2O3/c1-9(2)10(3)14-8-11-5-6-13(18-4)12(7-11)15(16)17/h5-7,9-10,14H,8H2,1-4H3. The van der Waals surface area contributed by atoms with Crippen LogP contribution in [0.3, 0.4) is 0 Å². The van der Waals surface area contributed by atoms with E-state index < -0.39 is 4.92 Å². The maximum Gasteiger partial charge on any atom is 0.311 e. The maximum atomic E-state index is 10.9. The quantitative estimate of drug-likeness (QED) is 0.624. The van der Waals surface area contributed by atoms with Crippen LogP contribution in [0, 0.1) is 16.0 Å². The van der Waals surface area contributed by atoms with Crippen molar-refractivity contribution in [1.82, 2.24) is 5.32 Å². The molecule has 1 rings (SSSR count). The predicted molar refractivity (Wildman–Crippen MR) is 70.8 cm³/mol. The number of rotatable bonds is 6. The molecule has 1 N–H and O–H groups in total. The predicted octanol–water partition coefficient (Wildman–Crippen LogP) is 2.74. The smallest absolute Gasteiger partial charge is 0.311 e. The Labute approximate surface area is 107 Å². The van der Waals surface area contributed by atoms with Crippen molar-refractivity contribution in [2.24, 2.45) is 5.92 Å². The van der Waals surface area contributed by atoms with Gasteiger partial charge in [-0.25, -0.2) is 0 Å². The Kier molecular flexibility index (Phi) is 5.09. The molecule has 1 unspecified atom stereocenters. The third kappa shape index (κ3) is 3.70. The van der Waals surface area contributed by atoms with Crippen LogP contribution < -0.4 is 10.1 Å². The first-order valence-corrected chi connectivity index (χ1v) is 6.00. The van der Waals surface area contributed by atoms with Crippen molar-refractivity contribution in [3.05, 3.63) is 33.9 Å². The van der Waals surface area contributed by atoms with Crippen LogP contribution >= 0.6 is 0 Å². The van der Waals surface area contributed by atoms with Gasteiger partial charge in [-0.15, -0.1) is 0 Å². The summed E-state index contributed by atoms with van der Waals surface area (Å²) >= 11 is 0. The van der Waals surface area contributed by atoms with Gasteiger partial charge in [0.1, 0.15) is 0 Å². The lowest BCUT2D eigenvalue weighted by molar-refractivity contribution is -0.385. The zero-order valence-corrected chi connectivity index (χ0v) is 11.3. The van der Waals surface area contributed by atoms with Crippen LogP contribution in [0.2, 0.25) is 0 Å². The summed E-state index contributed by atoms with van der Waals surface area (Å²) in [7, 11) is 1.43. The van der Waals surface area contributed by atoms with E-state index >= 15 is 0 Å². The van der Waals surface area contributed by atoms with Crippen molar-refractivity contribution in [1.29, 1.82) is 0 Å². The van der Waals surface area contributed by atoms with Crippen LogP contribution in [0.5, 0.6) is 5.75 Å². The van der Waals surface area contributed by atoms with Crippen molar-refractivity contribution in [3.63, 3.8) is 0 Å². The lowest BCUT2D eigenvalue weighted by Gasteiger charge is -2.17. The molecule has 1 aromatic rings. The van der Waals surface area contributed by atoms with Crippen molar-refractivity contribution in [2.45, 2.75) is 33.4 Å². The summed E-state index contributed by atoms with van der Waals surface area (Å²) in [5.74, 6) is 0.818. The maximum absolute atomic E-state index is 10.9. The van der Waals surface area contributed by atoms with Gasteiger partial charge in [0.25, 0.3) is 0 Å². The zero-order valence-electron chi connectivity index (χ0n) is 11.3. The molecule has 0 fully saturated rings. The average Bonchev–Trinajstić information content (AvgIpc) is 2.35. The van der Waals surface area contributed by atoms with E-state index in [1.807, 2.05) is 6.07 Å². The number of nitro groups is 1. The van der Waals surface area contributed by atoms with E-state index in [2.05, 4.69) is 26.1 Å². The second-order valence-corrected chi connectivity index (χ2v) is 4.68. The molecular formula is C13H20N2O3. The molecule has 0 saturated heterocycles. The molecule has 1 atom stereocenters. The van der Waals surface area contributed by atoms with Gasteiger partial charge in [0.15, 0.2) is 5.75 Å². The fourth-order valence-electron chi connectivity index (χ4n) is 1.50. The molecule has 5 heteroatoms. The Bertz CT molecular complexity index is 419. The molecular weight excluding hydrogens is 232 g/mol. The second-order valence-electron chi connectivity index (χ2n) is 4.68. The summed E-state index contributed by atoms with van der Waals surface area (Å²) in [6, 6.07) is 5.39. The number of methoxy groups -OCH3 is 1. The topological polar surface area (TPSA) is 64.4 Å². The molecule has 1 aromatic carbocycles. The van der Waals surface area contributed by atoms with Crippen LogP contribution in [-0.2, 0) is 6.54 Å². The van der Waals surface area contributed by atoms with E-state index in [-0.39, 0.29) is 5.69 Å². The lowest BCUT2D eigenvalue weighted by Crippen LogP contribution is -2.30. The molecule has 0 aliphatic rings. The first-order valence-electron chi connectivity index (χ1n) is 6.00. The number of nitrogens with zero attached hydrogens (tertiary/aromatic N) is 1. The summed E-state index contributed by atoms with van der Waals surface area (Å²) in [6.07, 6.45) is 0. The normalized spacial score (nSPS) is 12.5. The van der Waals surface area contributed by atoms with Crippen molar-refractivity contribution >= 4 is 5.69 Å². The van der Waals surface area contributed by atoms with Crippen LogP contribution in [-0.4, -0.2) is 18.1 Å². The van der Waals surface area contributed by atoms with Gasteiger partial charge in [-0.1, -0.05) is 19.9 Å². The Morgan fingerprint density at radius 2 is 2.06 bits per heavy atom. The van der Waals surface area contributed by atoms with Crippen molar-refractivity contribution < 1.29 is 9.66 Å². The van der Waals surface area contributed by atoms with Gasteiger partial charge < -0.3 is 10.1 Å². The highest BCUT2D eigenvalue weighted by molar-refractivity contribution is 5.48. The number of benzene rings is 1. The fraction of sp³-hybridized carbons (Fsp3) is 0.538. The molecule has 0 aromatic heterocycles. The van der Waals surface area contributed by atoms with E-state index in [1.54, 1.807) is 12.1 Å². The third-order valence-electron chi connectivity index (χ3n) is 3.07. The Balaban J connectivity index is 2.79. The zero-order chi connectivity index (χ0) is 13.7. The molecule has 0 aliphatic carbocycles. The van der Waals surface area contributed by atoms with E-state index in [0.29, 0.717) is 24.3 Å². The van der Waals surface area contributed by atoms with Gasteiger partial charge in [-0.3, -0.25) is 10.1 Å². The van der Waals surface area contributed by atoms with Gasteiger partial charge in [0, 0.05) is 18.7 Å². The summed E-state index contributed by atoms with van der Waals surface area (Å²) in [6.45, 7) is 6.98. The Morgan fingerprint density at radius 1 is 1.39 bits per heavy atom. The highest BCUT2D eigenvalue weighted by atomic mass is 16.6. The van der Waals surface area contributed by atoms with Crippen molar-refractivity contribution in [2.75, 3.05) is 7.11 Å². The van der Waals surface area contributed by atoms with Crippen LogP contribution in [0.25, 0.3) is 0 Å². The molecule has 0 radical (unpaired) electrons.